The molecule has 0 unspecified atom stereocenters. The summed E-state index contributed by atoms with van der Waals surface area (Å²) in [5, 5.41) is 6.17. The van der Waals surface area contributed by atoms with Gasteiger partial charge in [0.2, 0.25) is 0 Å². The van der Waals surface area contributed by atoms with Crippen molar-refractivity contribution in [1.82, 2.24) is 0 Å². The molecule has 66 valence electrons. The van der Waals surface area contributed by atoms with Crippen LogP contribution in [0.25, 0.3) is 10.8 Å². The van der Waals surface area contributed by atoms with E-state index in [4.69, 9.17) is 11.6 Å². The van der Waals surface area contributed by atoms with Gasteiger partial charge in [-0.05, 0) is 23.6 Å². The van der Waals surface area contributed by atoms with Gasteiger partial charge in [-0.3, -0.25) is 0 Å². The van der Waals surface area contributed by atoms with E-state index in [1.807, 2.05) is 31.3 Å². The molecule has 0 aliphatic rings. The number of hydrogen-bond donors (Lipinski definition) is 1. The Labute approximate surface area is 82.3 Å². The van der Waals surface area contributed by atoms with Crippen molar-refractivity contribution in [2.75, 3.05) is 12.4 Å². The average Bonchev–Trinajstić information content (AvgIpc) is 2.18. The first kappa shape index (κ1) is 8.39. The van der Waals surface area contributed by atoms with Gasteiger partial charge >= 0.3 is 0 Å². The zero-order chi connectivity index (χ0) is 9.26. The molecule has 1 nitrogen and oxygen atoms in total. The Morgan fingerprint density at radius 2 is 2.00 bits per heavy atom. The van der Waals surface area contributed by atoms with Crippen LogP contribution in [0.1, 0.15) is 0 Å². The molecule has 2 rings (SSSR count). The van der Waals surface area contributed by atoms with Crippen LogP contribution in [0, 0.1) is 0 Å². The minimum Gasteiger partial charge on any atom is -0.388 e. The maximum Gasteiger partial charge on any atom is 0.0484 e. The highest BCUT2D eigenvalue weighted by atomic mass is 35.5. The molecular weight excluding hydrogens is 182 g/mol. The van der Waals surface area contributed by atoms with Crippen molar-refractivity contribution in [2.45, 2.75) is 0 Å². The molecule has 0 radical (unpaired) electrons. The molecule has 0 heterocycles. The van der Waals surface area contributed by atoms with Gasteiger partial charge in [-0.15, -0.1) is 0 Å². The quantitative estimate of drug-likeness (QED) is 0.727. The second-order valence-corrected chi connectivity index (χ2v) is 3.33. The molecule has 0 bridgehead atoms. The minimum absolute atomic E-state index is 0.806. The van der Waals surface area contributed by atoms with Gasteiger partial charge in [0, 0.05) is 23.1 Å². The van der Waals surface area contributed by atoms with Gasteiger partial charge in [-0.25, -0.2) is 0 Å². The molecule has 0 aromatic heterocycles. The van der Waals surface area contributed by atoms with Crippen LogP contribution in [-0.2, 0) is 0 Å². The van der Waals surface area contributed by atoms with E-state index in [0.717, 1.165) is 16.1 Å². The smallest absolute Gasteiger partial charge is 0.0484 e. The predicted molar refractivity (Wildman–Crippen MR) is 58.5 cm³/mol. The fraction of sp³-hybridized carbons (Fsp3) is 0.0909. The van der Waals surface area contributed by atoms with Crippen molar-refractivity contribution in [3.63, 3.8) is 0 Å². The third-order valence-corrected chi connectivity index (χ3v) is 2.45. The Balaban J connectivity index is 2.72. The molecule has 0 aliphatic carbocycles. The van der Waals surface area contributed by atoms with E-state index >= 15 is 0 Å². The zero-order valence-electron chi connectivity index (χ0n) is 7.34. The van der Waals surface area contributed by atoms with E-state index in [1.54, 1.807) is 0 Å². The Morgan fingerprint density at radius 1 is 1.15 bits per heavy atom. The van der Waals surface area contributed by atoms with Crippen LogP contribution in [0.3, 0.4) is 0 Å². The molecule has 0 atom stereocenters. The third-order valence-electron chi connectivity index (χ3n) is 2.12. The maximum atomic E-state index is 6.03. The largest absolute Gasteiger partial charge is 0.388 e. The van der Waals surface area contributed by atoms with E-state index in [0.29, 0.717) is 0 Å². The van der Waals surface area contributed by atoms with Crippen LogP contribution in [-0.4, -0.2) is 7.05 Å². The molecule has 2 heteroatoms. The lowest BCUT2D eigenvalue weighted by Crippen LogP contribution is -1.86. The summed E-state index contributed by atoms with van der Waals surface area (Å²) in [7, 11) is 1.91. The van der Waals surface area contributed by atoms with Crippen LogP contribution in [0.2, 0.25) is 5.02 Å². The van der Waals surface area contributed by atoms with E-state index < -0.39 is 0 Å². The highest BCUT2D eigenvalue weighted by Crippen LogP contribution is 2.25. The summed E-state index contributed by atoms with van der Waals surface area (Å²) in [5.41, 5.74) is 1.11. The van der Waals surface area contributed by atoms with Gasteiger partial charge in [0.15, 0.2) is 0 Å². The summed E-state index contributed by atoms with van der Waals surface area (Å²) in [4.78, 5) is 0. The highest BCUT2D eigenvalue weighted by molar-refractivity contribution is 6.35. The monoisotopic (exact) mass is 191 g/mol. The molecule has 2 aromatic carbocycles. The Hall–Kier alpha value is -1.21. The number of rotatable bonds is 1. The summed E-state index contributed by atoms with van der Waals surface area (Å²) >= 11 is 6.03. The predicted octanol–water partition coefficient (Wildman–Crippen LogP) is 3.53. The fourth-order valence-electron chi connectivity index (χ4n) is 1.40. The van der Waals surface area contributed by atoms with Crippen molar-refractivity contribution in [1.29, 1.82) is 0 Å². The molecule has 1 N–H and O–H groups in total. The number of hydrogen-bond acceptors (Lipinski definition) is 1. The van der Waals surface area contributed by atoms with Crippen molar-refractivity contribution < 1.29 is 0 Å². The molecule has 0 fully saturated rings. The lowest BCUT2D eigenvalue weighted by molar-refractivity contribution is 1.53. The molecular formula is C11H10ClN. The van der Waals surface area contributed by atoms with Crippen LogP contribution in [0.15, 0.2) is 36.4 Å². The van der Waals surface area contributed by atoms with Gasteiger partial charge < -0.3 is 5.32 Å². The van der Waals surface area contributed by atoms with Crippen LogP contribution in [0.5, 0.6) is 0 Å². The summed E-state index contributed by atoms with van der Waals surface area (Å²) in [5.74, 6) is 0. The fourth-order valence-corrected chi connectivity index (χ4v) is 1.64. The second-order valence-electron chi connectivity index (χ2n) is 2.93. The van der Waals surface area contributed by atoms with Crippen molar-refractivity contribution in [2.24, 2.45) is 0 Å². The number of nitrogens with one attached hydrogen (secondary N) is 1. The van der Waals surface area contributed by atoms with E-state index in [-0.39, 0.29) is 0 Å². The summed E-state index contributed by atoms with van der Waals surface area (Å²) in [6.45, 7) is 0. The van der Waals surface area contributed by atoms with Crippen molar-refractivity contribution >= 4 is 28.1 Å². The lowest BCUT2D eigenvalue weighted by Gasteiger charge is -2.03. The zero-order valence-corrected chi connectivity index (χ0v) is 8.10. The number of anilines is 1. The molecule has 0 amide bonds. The van der Waals surface area contributed by atoms with Gasteiger partial charge in [-0.1, -0.05) is 29.8 Å². The summed E-state index contributed by atoms with van der Waals surface area (Å²) in [6, 6.07) is 12.1. The van der Waals surface area contributed by atoms with Crippen molar-refractivity contribution in [3.05, 3.63) is 41.4 Å². The van der Waals surface area contributed by atoms with Gasteiger partial charge in [0.05, 0.1) is 0 Å². The number of halogens is 1. The van der Waals surface area contributed by atoms with Crippen molar-refractivity contribution in [3.8, 4) is 0 Å². The van der Waals surface area contributed by atoms with Crippen LogP contribution >= 0.6 is 11.6 Å². The molecule has 0 saturated carbocycles. The molecule has 13 heavy (non-hydrogen) atoms. The maximum absolute atomic E-state index is 6.03. The van der Waals surface area contributed by atoms with Crippen LogP contribution < -0.4 is 5.32 Å². The SMILES string of the molecule is CNc1ccc2c(Cl)cccc2c1. The van der Waals surface area contributed by atoms with Gasteiger partial charge in [0.1, 0.15) is 0 Å². The van der Waals surface area contributed by atoms with Gasteiger partial charge in [-0.2, -0.15) is 0 Å². The summed E-state index contributed by atoms with van der Waals surface area (Å²) in [6.07, 6.45) is 0. The molecule has 0 spiro atoms. The van der Waals surface area contributed by atoms with E-state index in [2.05, 4.69) is 17.4 Å². The first-order valence-electron chi connectivity index (χ1n) is 4.17. The second kappa shape index (κ2) is 3.27. The van der Waals surface area contributed by atoms with Gasteiger partial charge in [0.25, 0.3) is 0 Å². The molecule has 2 aromatic rings. The highest BCUT2D eigenvalue weighted by Gasteiger charge is 1.97. The van der Waals surface area contributed by atoms with E-state index in [9.17, 15) is 0 Å². The standard InChI is InChI=1S/C11H10ClN/c1-13-9-5-6-10-8(7-9)3-2-4-11(10)12/h2-7,13H,1H3. The summed E-state index contributed by atoms with van der Waals surface area (Å²) < 4.78 is 0. The Kier molecular flexibility index (Phi) is 2.11. The van der Waals surface area contributed by atoms with Crippen LogP contribution in [0.4, 0.5) is 5.69 Å². The normalized spacial score (nSPS) is 10.3. The Bertz CT molecular complexity index is 437. The number of benzene rings is 2. The first-order chi connectivity index (χ1) is 6.31. The first-order valence-corrected chi connectivity index (χ1v) is 4.55. The van der Waals surface area contributed by atoms with E-state index in [1.165, 1.54) is 5.39 Å². The topological polar surface area (TPSA) is 12.0 Å². The third kappa shape index (κ3) is 1.47. The Morgan fingerprint density at radius 3 is 2.77 bits per heavy atom. The lowest BCUT2D eigenvalue weighted by atomic mass is 10.1. The molecule has 0 saturated heterocycles. The number of fused-ring (bicyclic) bond motifs is 1. The molecule has 0 aliphatic heterocycles. The average molecular weight is 192 g/mol. The minimum atomic E-state index is 0.806.